The number of rotatable bonds is 6. The summed E-state index contributed by atoms with van der Waals surface area (Å²) in [4.78, 5) is 28.0. The van der Waals surface area contributed by atoms with Gasteiger partial charge in [0.25, 0.3) is 11.7 Å². The first kappa shape index (κ1) is 24.6. The molecule has 0 bridgehead atoms. The number of hydrogen-bond acceptors (Lipinski definition) is 5. The zero-order valence-corrected chi connectivity index (χ0v) is 20.9. The molecule has 0 spiro atoms. The van der Waals surface area contributed by atoms with Gasteiger partial charge in [-0.25, -0.2) is 0 Å². The van der Waals surface area contributed by atoms with Crippen LogP contribution in [0.5, 0.6) is 11.5 Å². The highest BCUT2D eigenvalue weighted by atomic mass is 35.5. The lowest BCUT2D eigenvalue weighted by Gasteiger charge is -2.26. The van der Waals surface area contributed by atoms with Gasteiger partial charge >= 0.3 is 0 Å². The molecule has 180 valence electrons. The minimum Gasteiger partial charge on any atom is -0.507 e. The van der Waals surface area contributed by atoms with E-state index in [0.29, 0.717) is 28.6 Å². The Kier molecular flexibility index (Phi) is 7.05. The summed E-state index contributed by atoms with van der Waals surface area (Å²) in [6.07, 6.45) is 0. The number of carbonyl (C=O) groups is 2. The number of benzene rings is 3. The molecule has 1 atom stereocenters. The number of ketones is 1. The maximum Gasteiger partial charge on any atom is 0.300 e. The molecule has 0 aromatic heterocycles. The van der Waals surface area contributed by atoms with E-state index in [4.69, 9.17) is 32.7 Å². The van der Waals surface area contributed by atoms with Crippen LogP contribution in [0, 0.1) is 6.92 Å². The van der Waals surface area contributed by atoms with E-state index in [9.17, 15) is 14.7 Å². The third kappa shape index (κ3) is 4.59. The van der Waals surface area contributed by atoms with Gasteiger partial charge in [-0.15, -0.1) is 0 Å². The number of nitrogens with zero attached hydrogens (tertiary/aromatic N) is 1. The molecule has 35 heavy (non-hydrogen) atoms. The SMILES string of the molecule is CCOc1ccc(N2C(=O)C(=O)/C(=C(/O)c3cc(C)cc(Cl)c3OC)C2c2ccc(Cl)cc2)cc1. The summed E-state index contributed by atoms with van der Waals surface area (Å²) in [7, 11) is 1.42. The average molecular weight is 512 g/mol. The number of Topliss-reactive ketones (excluding diaryl/α,β-unsaturated/α-hetero) is 1. The minimum atomic E-state index is -0.908. The van der Waals surface area contributed by atoms with Crippen molar-refractivity contribution in [1.29, 1.82) is 0 Å². The van der Waals surface area contributed by atoms with Crippen LogP contribution in [0.15, 0.2) is 66.2 Å². The normalized spacial score (nSPS) is 17.1. The first-order valence-corrected chi connectivity index (χ1v) is 11.7. The molecule has 1 unspecified atom stereocenters. The van der Waals surface area contributed by atoms with Gasteiger partial charge in [-0.2, -0.15) is 0 Å². The second-order valence-corrected chi connectivity index (χ2v) is 8.82. The predicted molar refractivity (Wildman–Crippen MR) is 137 cm³/mol. The molecule has 1 saturated heterocycles. The van der Waals surface area contributed by atoms with E-state index in [-0.39, 0.29) is 27.7 Å². The fraction of sp³-hybridized carbons (Fsp3) is 0.185. The molecule has 1 fully saturated rings. The smallest absolute Gasteiger partial charge is 0.300 e. The van der Waals surface area contributed by atoms with Gasteiger partial charge in [0.1, 0.15) is 17.3 Å². The molecule has 1 aliphatic heterocycles. The molecule has 0 aliphatic carbocycles. The van der Waals surface area contributed by atoms with Gasteiger partial charge < -0.3 is 14.6 Å². The molecule has 1 amide bonds. The standard InChI is InChI=1S/C27H23Cl2NO5/c1-4-35-19-11-9-18(10-12-19)30-23(16-5-7-17(28)8-6-16)22(25(32)27(30)33)24(31)20-13-15(2)14-21(29)26(20)34-3/h5-14,23,31H,4H2,1-3H3/b24-22+. The van der Waals surface area contributed by atoms with Crippen LogP contribution in [0.2, 0.25) is 10.0 Å². The third-order valence-corrected chi connectivity index (χ3v) is 6.24. The number of ether oxygens (including phenoxy) is 2. The number of aryl methyl sites for hydroxylation is 1. The number of aliphatic hydroxyl groups is 1. The van der Waals surface area contributed by atoms with Crippen LogP contribution in [0.1, 0.15) is 29.7 Å². The summed E-state index contributed by atoms with van der Waals surface area (Å²) in [5, 5.41) is 12.2. The van der Waals surface area contributed by atoms with E-state index in [0.717, 1.165) is 5.56 Å². The van der Waals surface area contributed by atoms with Crippen LogP contribution in [-0.2, 0) is 9.59 Å². The van der Waals surface area contributed by atoms with Crippen molar-refractivity contribution in [2.45, 2.75) is 19.9 Å². The molecule has 1 N–H and O–H groups in total. The molecular formula is C27H23Cl2NO5. The Balaban J connectivity index is 1.95. The van der Waals surface area contributed by atoms with Crippen molar-refractivity contribution in [2.24, 2.45) is 0 Å². The van der Waals surface area contributed by atoms with Crippen LogP contribution >= 0.6 is 23.2 Å². The summed E-state index contributed by atoms with van der Waals surface area (Å²) in [6.45, 7) is 4.17. The van der Waals surface area contributed by atoms with Crippen molar-refractivity contribution in [2.75, 3.05) is 18.6 Å². The van der Waals surface area contributed by atoms with Gasteiger partial charge in [-0.05, 0) is 73.5 Å². The van der Waals surface area contributed by atoms with Crippen molar-refractivity contribution in [3.8, 4) is 11.5 Å². The number of hydrogen-bond donors (Lipinski definition) is 1. The predicted octanol–water partition coefficient (Wildman–Crippen LogP) is 6.34. The molecule has 0 saturated carbocycles. The number of carbonyl (C=O) groups excluding carboxylic acids is 2. The summed E-state index contributed by atoms with van der Waals surface area (Å²) in [5.74, 6) is -1.13. The first-order chi connectivity index (χ1) is 16.8. The van der Waals surface area contributed by atoms with Crippen LogP contribution in [0.3, 0.4) is 0 Å². The van der Waals surface area contributed by atoms with Gasteiger partial charge in [-0.1, -0.05) is 35.3 Å². The first-order valence-electron chi connectivity index (χ1n) is 10.9. The zero-order valence-electron chi connectivity index (χ0n) is 19.3. The molecule has 1 heterocycles. The molecule has 6 nitrogen and oxygen atoms in total. The number of aliphatic hydroxyl groups excluding tert-OH is 1. The van der Waals surface area contributed by atoms with Crippen molar-refractivity contribution in [3.63, 3.8) is 0 Å². The van der Waals surface area contributed by atoms with Gasteiger partial charge in [-0.3, -0.25) is 14.5 Å². The molecule has 3 aromatic rings. The minimum absolute atomic E-state index is 0.0776. The highest BCUT2D eigenvalue weighted by molar-refractivity contribution is 6.51. The number of anilines is 1. The fourth-order valence-electron chi connectivity index (χ4n) is 4.19. The Morgan fingerprint density at radius 1 is 1.03 bits per heavy atom. The number of methoxy groups -OCH3 is 1. The maximum atomic E-state index is 13.4. The summed E-state index contributed by atoms with van der Waals surface area (Å²) in [5.41, 5.74) is 1.97. The van der Waals surface area contributed by atoms with E-state index in [1.807, 2.05) is 6.92 Å². The Morgan fingerprint density at radius 2 is 1.69 bits per heavy atom. The third-order valence-electron chi connectivity index (χ3n) is 5.70. The maximum absolute atomic E-state index is 13.4. The Hall–Kier alpha value is -3.48. The van der Waals surface area contributed by atoms with E-state index in [2.05, 4.69) is 0 Å². The van der Waals surface area contributed by atoms with Crippen molar-refractivity contribution < 1.29 is 24.2 Å². The van der Waals surface area contributed by atoms with Crippen LogP contribution in [-0.4, -0.2) is 30.5 Å². The zero-order chi connectivity index (χ0) is 25.3. The van der Waals surface area contributed by atoms with E-state index >= 15 is 0 Å². The lowest BCUT2D eigenvalue weighted by molar-refractivity contribution is -0.132. The number of amides is 1. The topological polar surface area (TPSA) is 76.1 Å². The molecule has 4 rings (SSSR count). The second-order valence-electron chi connectivity index (χ2n) is 7.98. The lowest BCUT2D eigenvalue weighted by atomic mass is 9.94. The Labute approximate surface area is 213 Å². The lowest BCUT2D eigenvalue weighted by Crippen LogP contribution is -2.29. The van der Waals surface area contributed by atoms with Crippen molar-refractivity contribution >= 4 is 46.3 Å². The molecule has 8 heteroatoms. The molecule has 1 aliphatic rings. The van der Waals surface area contributed by atoms with E-state index < -0.39 is 17.7 Å². The fourth-order valence-corrected chi connectivity index (χ4v) is 4.66. The van der Waals surface area contributed by atoms with E-state index in [1.165, 1.54) is 12.0 Å². The van der Waals surface area contributed by atoms with Crippen LogP contribution in [0.25, 0.3) is 5.76 Å². The average Bonchev–Trinajstić information content (AvgIpc) is 3.10. The van der Waals surface area contributed by atoms with E-state index in [1.54, 1.807) is 67.6 Å². The van der Waals surface area contributed by atoms with Crippen LogP contribution < -0.4 is 14.4 Å². The summed E-state index contributed by atoms with van der Waals surface area (Å²) in [6, 6.07) is 16.0. The largest absolute Gasteiger partial charge is 0.507 e. The summed E-state index contributed by atoms with van der Waals surface area (Å²) >= 11 is 12.4. The van der Waals surface area contributed by atoms with Crippen molar-refractivity contribution in [1.82, 2.24) is 0 Å². The van der Waals surface area contributed by atoms with Gasteiger partial charge in [0.05, 0.1) is 35.9 Å². The Bertz CT molecular complexity index is 1320. The monoisotopic (exact) mass is 511 g/mol. The molecular weight excluding hydrogens is 489 g/mol. The number of halogens is 2. The summed E-state index contributed by atoms with van der Waals surface area (Å²) < 4.78 is 10.9. The second kappa shape index (κ2) is 10.0. The molecule has 3 aromatic carbocycles. The quantitative estimate of drug-likeness (QED) is 0.237. The van der Waals surface area contributed by atoms with Crippen molar-refractivity contribution in [3.05, 3.63) is 93.0 Å². The molecule has 0 radical (unpaired) electrons. The van der Waals surface area contributed by atoms with Gasteiger partial charge in [0, 0.05) is 10.7 Å². The van der Waals surface area contributed by atoms with Gasteiger partial charge in [0.2, 0.25) is 0 Å². The highest BCUT2D eigenvalue weighted by Gasteiger charge is 2.47. The van der Waals surface area contributed by atoms with Gasteiger partial charge in [0.15, 0.2) is 0 Å². The van der Waals surface area contributed by atoms with Crippen LogP contribution in [0.4, 0.5) is 5.69 Å². The highest BCUT2D eigenvalue weighted by Crippen LogP contribution is 2.44. The Morgan fingerprint density at radius 3 is 2.29 bits per heavy atom.